The van der Waals surface area contributed by atoms with Crippen LogP contribution in [-0.2, 0) is 9.84 Å². The van der Waals surface area contributed by atoms with Crippen molar-refractivity contribution in [1.82, 2.24) is 0 Å². The minimum atomic E-state index is -3.85. The molecule has 2 atom stereocenters. The summed E-state index contributed by atoms with van der Waals surface area (Å²) < 4.78 is 40.1. The van der Waals surface area contributed by atoms with Crippen molar-refractivity contribution >= 4 is 22.0 Å². The van der Waals surface area contributed by atoms with E-state index >= 15 is 0 Å². The zero-order chi connectivity index (χ0) is 29.6. The van der Waals surface area contributed by atoms with Crippen molar-refractivity contribution in [2.75, 3.05) is 14.2 Å². The SMILES string of the molecule is COc1ccc(C(/C=C/c2cccc(C)c2C)S(=O)(=O)C(/C=C/c2cccc(C)c2C)c2ccc(OC)cc2)cc1. The second kappa shape index (κ2) is 13.0. The van der Waals surface area contributed by atoms with Gasteiger partial charge in [-0.15, -0.1) is 0 Å². The third-order valence-electron chi connectivity index (χ3n) is 7.79. The summed E-state index contributed by atoms with van der Waals surface area (Å²) in [5, 5.41) is -1.80. The highest BCUT2D eigenvalue weighted by molar-refractivity contribution is 7.92. The molecular formula is C36H38O4S. The first kappa shape index (κ1) is 29.9. The molecule has 0 aromatic heterocycles. The van der Waals surface area contributed by atoms with Crippen molar-refractivity contribution in [3.8, 4) is 11.5 Å². The molecule has 5 heteroatoms. The first-order valence-corrected chi connectivity index (χ1v) is 15.3. The van der Waals surface area contributed by atoms with Gasteiger partial charge < -0.3 is 9.47 Å². The van der Waals surface area contributed by atoms with Crippen molar-refractivity contribution < 1.29 is 17.9 Å². The topological polar surface area (TPSA) is 52.6 Å². The van der Waals surface area contributed by atoms with Crippen LogP contribution in [-0.4, -0.2) is 22.6 Å². The molecule has 0 N–H and O–H groups in total. The first-order valence-electron chi connectivity index (χ1n) is 13.6. The summed E-state index contributed by atoms with van der Waals surface area (Å²) in [6.07, 6.45) is 7.46. The van der Waals surface area contributed by atoms with Gasteiger partial charge in [0.05, 0.1) is 14.2 Å². The highest BCUT2D eigenvalue weighted by atomic mass is 32.2. The van der Waals surface area contributed by atoms with Crippen LogP contribution >= 0.6 is 0 Å². The molecule has 0 aliphatic carbocycles. The lowest BCUT2D eigenvalue weighted by Crippen LogP contribution is -2.19. The van der Waals surface area contributed by atoms with E-state index in [-0.39, 0.29) is 0 Å². The lowest BCUT2D eigenvalue weighted by molar-refractivity contribution is 0.414. The zero-order valence-electron chi connectivity index (χ0n) is 24.6. The van der Waals surface area contributed by atoms with Crippen molar-refractivity contribution in [3.05, 3.63) is 142 Å². The molecule has 0 aliphatic rings. The molecule has 0 aliphatic heterocycles. The third-order valence-corrected chi connectivity index (χ3v) is 10.1. The highest BCUT2D eigenvalue weighted by Gasteiger charge is 2.33. The van der Waals surface area contributed by atoms with E-state index in [1.807, 2.05) is 60.7 Å². The maximum Gasteiger partial charge on any atom is 0.171 e. The van der Waals surface area contributed by atoms with Gasteiger partial charge in [0, 0.05) is 0 Å². The molecule has 4 aromatic rings. The quantitative estimate of drug-likeness (QED) is 0.193. The van der Waals surface area contributed by atoms with Crippen LogP contribution in [0.25, 0.3) is 12.2 Å². The number of hydrogen-bond donors (Lipinski definition) is 0. The molecule has 4 nitrogen and oxygen atoms in total. The Kier molecular flexibility index (Phi) is 9.51. The van der Waals surface area contributed by atoms with E-state index in [2.05, 4.69) is 39.8 Å². The summed E-state index contributed by atoms with van der Waals surface area (Å²) in [5.74, 6) is 1.34. The molecule has 0 heterocycles. The monoisotopic (exact) mass is 566 g/mol. The molecule has 41 heavy (non-hydrogen) atoms. The van der Waals surface area contributed by atoms with Crippen molar-refractivity contribution in [2.45, 2.75) is 38.2 Å². The van der Waals surface area contributed by atoms with Gasteiger partial charge in [-0.2, -0.15) is 0 Å². The summed E-state index contributed by atoms with van der Waals surface area (Å²) in [5.41, 5.74) is 7.88. The van der Waals surface area contributed by atoms with E-state index in [1.54, 1.807) is 50.6 Å². The molecule has 4 aromatic carbocycles. The summed E-state index contributed by atoms with van der Waals surface area (Å²) in [7, 11) is -0.653. The Bertz CT molecular complexity index is 1530. The number of rotatable bonds is 10. The van der Waals surface area contributed by atoms with Gasteiger partial charge in [-0.25, -0.2) is 8.42 Å². The van der Waals surface area contributed by atoms with Gasteiger partial charge in [-0.1, -0.05) is 85.0 Å². The van der Waals surface area contributed by atoms with Crippen LogP contribution in [0.2, 0.25) is 0 Å². The molecule has 4 rings (SSSR count). The molecule has 212 valence electrons. The Morgan fingerprint density at radius 3 is 1.27 bits per heavy atom. The number of aryl methyl sites for hydroxylation is 2. The van der Waals surface area contributed by atoms with Crippen LogP contribution in [0.1, 0.15) is 55.0 Å². The van der Waals surface area contributed by atoms with Gasteiger partial charge in [0.25, 0.3) is 0 Å². The minimum Gasteiger partial charge on any atom is -0.497 e. The molecule has 0 saturated heterocycles. The van der Waals surface area contributed by atoms with Crippen LogP contribution in [0, 0.1) is 27.7 Å². The van der Waals surface area contributed by atoms with Crippen molar-refractivity contribution in [3.63, 3.8) is 0 Å². The molecule has 0 radical (unpaired) electrons. The molecule has 0 spiro atoms. The van der Waals surface area contributed by atoms with Gasteiger partial charge in [0.1, 0.15) is 22.0 Å². The number of ether oxygens (including phenoxy) is 2. The van der Waals surface area contributed by atoms with E-state index in [9.17, 15) is 8.42 Å². The smallest absolute Gasteiger partial charge is 0.171 e. The minimum absolute atomic E-state index is 0.671. The molecule has 0 saturated carbocycles. The lowest BCUT2D eigenvalue weighted by Gasteiger charge is -2.22. The average molecular weight is 567 g/mol. The van der Waals surface area contributed by atoms with Gasteiger partial charge in [-0.05, 0) is 96.5 Å². The largest absolute Gasteiger partial charge is 0.497 e. The average Bonchev–Trinajstić information content (AvgIpc) is 2.98. The lowest BCUT2D eigenvalue weighted by atomic mass is 10.0. The Hall–Kier alpha value is -4.09. The van der Waals surface area contributed by atoms with E-state index < -0.39 is 20.3 Å². The van der Waals surface area contributed by atoms with Crippen LogP contribution in [0.15, 0.2) is 97.1 Å². The maximum absolute atomic E-state index is 14.7. The van der Waals surface area contributed by atoms with Gasteiger partial charge in [0.15, 0.2) is 9.84 Å². The van der Waals surface area contributed by atoms with Crippen molar-refractivity contribution in [2.24, 2.45) is 0 Å². The zero-order valence-corrected chi connectivity index (χ0v) is 25.4. The summed E-state index contributed by atoms with van der Waals surface area (Å²) in [6.45, 7) is 8.22. The van der Waals surface area contributed by atoms with Gasteiger partial charge in [0.2, 0.25) is 0 Å². The van der Waals surface area contributed by atoms with Crippen LogP contribution < -0.4 is 9.47 Å². The molecular weight excluding hydrogens is 528 g/mol. The fourth-order valence-electron chi connectivity index (χ4n) is 4.86. The second-order valence-electron chi connectivity index (χ2n) is 10.3. The first-order chi connectivity index (χ1) is 19.6. The second-order valence-corrected chi connectivity index (χ2v) is 12.5. The molecule has 0 amide bonds. The molecule has 0 bridgehead atoms. The van der Waals surface area contributed by atoms with E-state index in [0.29, 0.717) is 22.6 Å². The predicted octanol–water partition coefficient (Wildman–Crippen LogP) is 8.56. The van der Waals surface area contributed by atoms with Crippen LogP contribution in [0.3, 0.4) is 0 Å². The molecule has 2 unspecified atom stereocenters. The summed E-state index contributed by atoms with van der Waals surface area (Å²) >= 11 is 0. The fourth-order valence-corrected chi connectivity index (χ4v) is 6.84. The summed E-state index contributed by atoms with van der Waals surface area (Å²) in [6, 6.07) is 26.6. The third kappa shape index (κ3) is 6.80. The number of hydrogen-bond acceptors (Lipinski definition) is 4. The van der Waals surface area contributed by atoms with E-state index in [1.165, 1.54) is 0 Å². The Balaban J connectivity index is 1.87. The molecule has 0 fully saturated rings. The maximum atomic E-state index is 14.7. The number of methoxy groups -OCH3 is 2. The fraction of sp³-hybridized carbons (Fsp3) is 0.222. The van der Waals surface area contributed by atoms with Crippen LogP contribution in [0.5, 0.6) is 11.5 Å². The van der Waals surface area contributed by atoms with E-state index in [4.69, 9.17) is 9.47 Å². The number of benzene rings is 4. The Morgan fingerprint density at radius 1 is 0.561 bits per heavy atom. The van der Waals surface area contributed by atoms with Crippen LogP contribution in [0.4, 0.5) is 0 Å². The standard InChI is InChI=1S/C36H38O4S/c1-25-9-7-11-29(27(25)3)17-23-35(31-13-19-33(39-5)20-14-31)41(37,38)36(32-15-21-34(40-6)22-16-32)24-18-30-12-8-10-26(2)28(30)4/h7-24,35-36H,1-6H3/b23-17+,24-18+. The Labute approximate surface area is 244 Å². The van der Waals surface area contributed by atoms with Gasteiger partial charge >= 0.3 is 0 Å². The van der Waals surface area contributed by atoms with Crippen molar-refractivity contribution in [1.29, 1.82) is 0 Å². The van der Waals surface area contributed by atoms with Gasteiger partial charge in [-0.3, -0.25) is 0 Å². The normalized spacial score (nSPS) is 13.4. The number of sulfone groups is 1. The summed E-state index contributed by atoms with van der Waals surface area (Å²) in [4.78, 5) is 0. The Morgan fingerprint density at radius 2 is 0.927 bits per heavy atom. The van der Waals surface area contributed by atoms with E-state index in [0.717, 1.165) is 33.4 Å². The predicted molar refractivity (Wildman–Crippen MR) is 170 cm³/mol. The highest BCUT2D eigenvalue weighted by Crippen LogP contribution is 2.38.